The van der Waals surface area contributed by atoms with E-state index in [1.54, 1.807) is 29.3 Å². The van der Waals surface area contributed by atoms with Gasteiger partial charge in [0.25, 0.3) is 0 Å². The largest absolute Gasteiger partial charge is 0.388 e. The van der Waals surface area contributed by atoms with E-state index in [1.807, 2.05) is 0 Å². The van der Waals surface area contributed by atoms with Gasteiger partial charge in [-0.05, 0) is 6.42 Å². The van der Waals surface area contributed by atoms with Crippen LogP contribution in [0.1, 0.15) is 70.0 Å². The van der Waals surface area contributed by atoms with E-state index in [1.165, 1.54) is 38.5 Å². The number of hydrogen-bond acceptors (Lipinski definition) is 3. The quantitative estimate of drug-likeness (QED) is 0.706. The van der Waals surface area contributed by atoms with E-state index in [-0.39, 0.29) is 0 Å². The van der Waals surface area contributed by atoms with Crippen LogP contribution in [0.15, 0.2) is 24.8 Å². The minimum Gasteiger partial charge on any atom is -0.388 e. The first-order chi connectivity index (χ1) is 9.83. The van der Waals surface area contributed by atoms with Crippen molar-refractivity contribution in [3.63, 3.8) is 0 Å². The summed E-state index contributed by atoms with van der Waals surface area (Å²) in [7, 11) is 0. The van der Waals surface area contributed by atoms with Crippen LogP contribution in [-0.4, -0.2) is 19.7 Å². The maximum atomic E-state index is 10.3. The van der Waals surface area contributed by atoms with Gasteiger partial charge >= 0.3 is 0 Å². The number of fused-ring (bicyclic) bond motifs is 1. The lowest BCUT2D eigenvalue weighted by atomic mass is 10.0. The Hall–Kier alpha value is -1.42. The van der Waals surface area contributed by atoms with Crippen LogP contribution >= 0.6 is 0 Å². The van der Waals surface area contributed by atoms with Crippen molar-refractivity contribution in [1.82, 2.24) is 14.6 Å². The molecule has 4 heteroatoms. The zero-order chi connectivity index (χ0) is 14.2. The SMILES string of the molecule is CCCCCCCCCC(O)c1cnn2ccncc12. The van der Waals surface area contributed by atoms with E-state index in [0.717, 1.165) is 23.9 Å². The Bertz CT molecular complexity index is 509. The topological polar surface area (TPSA) is 50.4 Å². The van der Waals surface area contributed by atoms with Crippen LogP contribution in [0.3, 0.4) is 0 Å². The lowest BCUT2D eigenvalue weighted by Gasteiger charge is -2.09. The van der Waals surface area contributed by atoms with Crippen molar-refractivity contribution in [2.24, 2.45) is 0 Å². The van der Waals surface area contributed by atoms with E-state index in [9.17, 15) is 5.11 Å². The van der Waals surface area contributed by atoms with Crippen molar-refractivity contribution in [2.75, 3.05) is 0 Å². The van der Waals surface area contributed by atoms with Crippen molar-refractivity contribution >= 4 is 5.52 Å². The molecule has 2 heterocycles. The highest BCUT2D eigenvalue weighted by Crippen LogP contribution is 2.23. The third kappa shape index (κ3) is 4.04. The molecule has 110 valence electrons. The molecule has 0 spiro atoms. The smallest absolute Gasteiger partial charge is 0.0902 e. The number of aliphatic hydroxyl groups is 1. The second-order valence-electron chi connectivity index (χ2n) is 5.43. The maximum Gasteiger partial charge on any atom is 0.0902 e. The van der Waals surface area contributed by atoms with Gasteiger partial charge in [-0.1, -0.05) is 51.9 Å². The van der Waals surface area contributed by atoms with Crippen molar-refractivity contribution in [3.05, 3.63) is 30.4 Å². The van der Waals surface area contributed by atoms with Crippen molar-refractivity contribution in [1.29, 1.82) is 0 Å². The van der Waals surface area contributed by atoms with E-state index >= 15 is 0 Å². The van der Waals surface area contributed by atoms with Gasteiger partial charge in [0, 0.05) is 18.0 Å². The van der Waals surface area contributed by atoms with Crippen LogP contribution in [0, 0.1) is 0 Å². The summed E-state index contributed by atoms with van der Waals surface area (Å²) in [6.07, 6.45) is 16.3. The minimum atomic E-state index is -0.424. The van der Waals surface area contributed by atoms with E-state index in [4.69, 9.17) is 0 Å². The number of aromatic nitrogens is 3. The molecule has 0 saturated heterocycles. The fourth-order valence-corrected chi connectivity index (χ4v) is 2.56. The second-order valence-corrected chi connectivity index (χ2v) is 5.43. The average Bonchev–Trinajstić information content (AvgIpc) is 2.90. The van der Waals surface area contributed by atoms with Gasteiger partial charge in [0.1, 0.15) is 0 Å². The van der Waals surface area contributed by atoms with Gasteiger partial charge in [0.05, 0.1) is 24.0 Å². The van der Waals surface area contributed by atoms with Crippen LogP contribution in [0.5, 0.6) is 0 Å². The Balaban J connectivity index is 1.73. The molecule has 20 heavy (non-hydrogen) atoms. The molecule has 4 nitrogen and oxygen atoms in total. The lowest BCUT2D eigenvalue weighted by Crippen LogP contribution is -1.97. The third-order valence-corrected chi connectivity index (χ3v) is 3.79. The fraction of sp³-hybridized carbons (Fsp3) is 0.625. The summed E-state index contributed by atoms with van der Waals surface area (Å²) in [4.78, 5) is 4.09. The molecule has 1 unspecified atom stereocenters. The molecule has 2 aromatic heterocycles. The number of hydrogen-bond donors (Lipinski definition) is 1. The van der Waals surface area contributed by atoms with E-state index in [2.05, 4.69) is 17.0 Å². The first-order valence-electron chi connectivity index (χ1n) is 7.78. The Labute approximate surface area is 120 Å². The summed E-state index contributed by atoms with van der Waals surface area (Å²) in [5.74, 6) is 0. The summed E-state index contributed by atoms with van der Waals surface area (Å²) in [6, 6.07) is 0. The Kier molecular flexibility index (Phi) is 5.99. The zero-order valence-corrected chi connectivity index (χ0v) is 12.3. The molecule has 1 atom stereocenters. The highest BCUT2D eigenvalue weighted by Gasteiger charge is 2.13. The standard InChI is InChI=1S/C16H25N3O/c1-2-3-4-5-6-7-8-9-16(20)14-12-18-19-11-10-17-13-15(14)19/h10-13,16,20H,2-9H2,1H3. The molecule has 2 rings (SSSR count). The highest BCUT2D eigenvalue weighted by molar-refractivity contribution is 5.52. The van der Waals surface area contributed by atoms with Gasteiger partial charge in [-0.3, -0.25) is 4.98 Å². The molecule has 0 saturated carbocycles. The van der Waals surface area contributed by atoms with Crippen molar-refractivity contribution in [3.8, 4) is 0 Å². The van der Waals surface area contributed by atoms with Crippen LogP contribution < -0.4 is 0 Å². The summed E-state index contributed by atoms with van der Waals surface area (Å²) in [5.41, 5.74) is 1.80. The van der Waals surface area contributed by atoms with Gasteiger partial charge < -0.3 is 5.11 Å². The molecule has 2 aromatic rings. The summed E-state index contributed by atoms with van der Waals surface area (Å²) in [6.45, 7) is 2.24. The Morgan fingerprint density at radius 3 is 2.65 bits per heavy atom. The van der Waals surface area contributed by atoms with Crippen LogP contribution in [-0.2, 0) is 0 Å². The zero-order valence-electron chi connectivity index (χ0n) is 12.3. The van der Waals surface area contributed by atoms with Crippen LogP contribution in [0.4, 0.5) is 0 Å². The molecule has 0 radical (unpaired) electrons. The number of unbranched alkanes of at least 4 members (excludes halogenated alkanes) is 6. The molecule has 0 aromatic carbocycles. The Morgan fingerprint density at radius 1 is 1.10 bits per heavy atom. The Morgan fingerprint density at radius 2 is 1.85 bits per heavy atom. The molecular weight excluding hydrogens is 250 g/mol. The van der Waals surface area contributed by atoms with Gasteiger partial charge in [-0.2, -0.15) is 5.10 Å². The van der Waals surface area contributed by atoms with Crippen molar-refractivity contribution < 1.29 is 5.11 Å². The third-order valence-electron chi connectivity index (χ3n) is 3.79. The van der Waals surface area contributed by atoms with Gasteiger partial charge in [-0.25, -0.2) is 4.52 Å². The number of aliphatic hydroxyl groups excluding tert-OH is 1. The normalized spacial score (nSPS) is 12.9. The summed E-state index contributed by atoms with van der Waals surface area (Å²) in [5, 5.41) is 14.5. The molecule has 0 amide bonds. The van der Waals surface area contributed by atoms with Gasteiger partial charge in [0.15, 0.2) is 0 Å². The predicted octanol–water partition coefficient (Wildman–Crippen LogP) is 3.90. The second kappa shape index (κ2) is 8.00. The van der Waals surface area contributed by atoms with Gasteiger partial charge in [0.2, 0.25) is 0 Å². The lowest BCUT2D eigenvalue weighted by molar-refractivity contribution is 0.164. The van der Waals surface area contributed by atoms with Crippen molar-refractivity contribution in [2.45, 2.75) is 64.4 Å². The number of nitrogens with zero attached hydrogens (tertiary/aromatic N) is 3. The summed E-state index contributed by atoms with van der Waals surface area (Å²) >= 11 is 0. The first kappa shape index (κ1) is 15.0. The average molecular weight is 275 g/mol. The van der Waals surface area contributed by atoms with Crippen LogP contribution in [0.2, 0.25) is 0 Å². The monoisotopic (exact) mass is 275 g/mol. The first-order valence-corrected chi connectivity index (χ1v) is 7.78. The number of rotatable bonds is 9. The molecule has 1 N–H and O–H groups in total. The van der Waals surface area contributed by atoms with Gasteiger partial charge in [-0.15, -0.1) is 0 Å². The maximum absolute atomic E-state index is 10.3. The van der Waals surface area contributed by atoms with Crippen LogP contribution in [0.25, 0.3) is 5.52 Å². The fourth-order valence-electron chi connectivity index (χ4n) is 2.56. The van der Waals surface area contributed by atoms with E-state index in [0.29, 0.717) is 0 Å². The predicted molar refractivity (Wildman–Crippen MR) is 80.6 cm³/mol. The highest BCUT2D eigenvalue weighted by atomic mass is 16.3. The molecule has 0 aliphatic heterocycles. The molecule has 0 aliphatic rings. The van der Waals surface area contributed by atoms with E-state index < -0.39 is 6.10 Å². The molecule has 0 aliphatic carbocycles. The molecule has 0 fully saturated rings. The molecular formula is C16H25N3O. The minimum absolute atomic E-state index is 0.424. The molecule has 0 bridgehead atoms. The summed E-state index contributed by atoms with van der Waals surface area (Å²) < 4.78 is 1.76.